The number of fused-ring (bicyclic) bond motifs is 3. The average molecular weight is 484 g/mol. The van der Waals surface area contributed by atoms with E-state index in [0.717, 1.165) is 54.7 Å². The fourth-order valence-electron chi connectivity index (χ4n) is 5.58. The van der Waals surface area contributed by atoms with Crippen molar-refractivity contribution in [3.05, 3.63) is 58.5 Å². The van der Waals surface area contributed by atoms with Gasteiger partial charge in [0.25, 0.3) is 0 Å². The van der Waals surface area contributed by atoms with Gasteiger partial charge in [-0.3, -0.25) is 13.9 Å². The topological polar surface area (TPSA) is 38.4 Å². The van der Waals surface area contributed by atoms with Crippen LogP contribution in [0.2, 0.25) is 0 Å². The second kappa shape index (κ2) is 8.97. The van der Waals surface area contributed by atoms with Crippen molar-refractivity contribution in [2.45, 2.75) is 66.1 Å². The molecule has 8 heteroatoms. The van der Waals surface area contributed by atoms with Gasteiger partial charge in [0.05, 0.1) is 16.9 Å². The Labute approximate surface area is 203 Å². The maximum absolute atomic E-state index is 14.4. The Kier molecular flexibility index (Phi) is 6.11. The molecule has 0 atom stereocenters. The summed E-state index contributed by atoms with van der Waals surface area (Å²) in [5.74, 6) is 0.830. The smallest absolute Gasteiger partial charge is 0.297 e. The summed E-state index contributed by atoms with van der Waals surface area (Å²) in [5, 5.41) is 0. The molecule has 186 valence electrons. The number of nitrogens with zero attached hydrogens (tertiary/aromatic N) is 5. The van der Waals surface area contributed by atoms with E-state index in [0.29, 0.717) is 17.1 Å². The summed E-state index contributed by atoms with van der Waals surface area (Å²) in [6, 6.07) is 7.70. The van der Waals surface area contributed by atoms with Gasteiger partial charge in [-0.25, -0.2) is 9.97 Å². The first kappa shape index (κ1) is 23.9. The lowest BCUT2D eigenvalue weighted by molar-refractivity contribution is -0.141. The second-order valence-corrected chi connectivity index (χ2v) is 10.0. The largest absolute Gasteiger partial charge is 0.435 e. The molecule has 4 aromatic rings. The molecule has 35 heavy (non-hydrogen) atoms. The predicted octanol–water partition coefficient (Wildman–Crippen LogP) is 6.63. The first-order valence-corrected chi connectivity index (χ1v) is 12.4. The molecule has 5 rings (SSSR count). The van der Waals surface area contributed by atoms with Crippen LogP contribution in [0.25, 0.3) is 22.6 Å². The maximum Gasteiger partial charge on any atom is 0.435 e. The Morgan fingerprint density at radius 2 is 1.83 bits per heavy atom. The van der Waals surface area contributed by atoms with Gasteiger partial charge in [0, 0.05) is 19.3 Å². The number of pyridine rings is 1. The van der Waals surface area contributed by atoms with Crippen molar-refractivity contribution in [2.24, 2.45) is 5.92 Å². The SMILES string of the molecule is CCCN(Cc1c(C(F)(F)F)nc2n(-c3c(C)cc(C)cc3C)c3ncccc3n12)CC1CCC1. The molecule has 0 unspecified atom stereocenters. The second-order valence-electron chi connectivity index (χ2n) is 10.0. The van der Waals surface area contributed by atoms with E-state index in [2.05, 4.69) is 21.8 Å². The van der Waals surface area contributed by atoms with E-state index in [4.69, 9.17) is 0 Å². The summed E-state index contributed by atoms with van der Waals surface area (Å²) in [7, 11) is 0. The molecule has 3 aromatic heterocycles. The van der Waals surface area contributed by atoms with Crippen LogP contribution in [0.15, 0.2) is 30.5 Å². The van der Waals surface area contributed by atoms with E-state index in [9.17, 15) is 13.2 Å². The highest BCUT2D eigenvalue weighted by Crippen LogP contribution is 2.37. The van der Waals surface area contributed by atoms with Gasteiger partial charge in [-0.05, 0) is 75.8 Å². The number of alkyl halides is 3. The summed E-state index contributed by atoms with van der Waals surface area (Å²) in [6.07, 6.45) is 1.55. The van der Waals surface area contributed by atoms with Crippen molar-refractivity contribution < 1.29 is 13.2 Å². The minimum absolute atomic E-state index is 0.194. The highest BCUT2D eigenvalue weighted by atomic mass is 19.4. The van der Waals surface area contributed by atoms with E-state index in [-0.39, 0.29) is 18.0 Å². The Balaban J connectivity index is 1.77. The minimum atomic E-state index is -4.55. The molecule has 1 aliphatic rings. The maximum atomic E-state index is 14.4. The molecule has 0 spiro atoms. The van der Waals surface area contributed by atoms with Crippen LogP contribution in [-0.2, 0) is 12.7 Å². The summed E-state index contributed by atoms with van der Waals surface area (Å²) < 4.78 is 46.6. The number of imidazole rings is 2. The van der Waals surface area contributed by atoms with Crippen molar-refractivity contribution in [3.63, 3.8) is 0 Å². The van der Waals surface area contributed by atoms with Crippen molar-refractivity contribution >= 4 is 16.9 Å². The van der Waals surface area contributed by atoms with Gasteiger partial charge in [-0.1, -0.05) is 31.0 Å². The van der Waals surface area contributed by atoms with Crippen LogP contribution in [-0.4, -0.2) is 36.9 Å². The Morgan fingerprint density at radius 1 is 1.11 bits per heavy atom. The summed E-state index contributed by atoms with van der Waals surface area (Å²) in [5.41, 5.74) is 4.53. The molecular weight excluding hydrogens is 451 g/mol. The van der Waals surface area contributed by atoms with Crippen molar-refractivity contribution in [3.8, 4) is 5.69 Å². The van der Waals surface area contributed by atoms with Gasteiger partial charge in [-0.15, -0.1) is 0 Å². The molecule has 1 fully saturated rings. The summed E-state index contributed by atoms with van der Waals surface area (Å²) in [6.45, 7) is 9.85. The van der Waals surface area contributed by atoms with Crippen LogP contribution in [0.1, 0.15) is 60.7 Å². The highest BCUT2D eigenvalue weighted by molar-refractivity contribution is 5.81. The Bertz CT molecular complexity index is 1350. The van der Waals surface area contributed by atoms with Crippen LogP contribution in [0.5, 0.6) is 0 Å². The molecule has 1 aliphatic carbocycles. The lowest BCUT2D eigenvalue weighted by Gasteiger charge is -2.32. The van der Waals surface area contributed by atoms with Gasteiger partial charge in [0.15, 0.2) is 11.3 Å². The van der Waals surface area contributed by atoms with Crippen molar-refractivity contribution in [1.82, 2.24) is 23.8 Å². The van der Waals surface area contributed by atoms with E-state index in [1.165, 1.54) is 6.42 Å². The number of halogens is 3. The zero-order chi connectivity index (χ0) is 24.9. The van der Waals surface area contributed by atoms with Gasteiger partial charge >= 0.3 is 6.18 Å². The lowest BCUT2D eigenvalue weighted by atomic mass is 9.85. The normalized spacial score (nSPS) is 15.0. The summed E-state index contributed by atoms with van der Waals surface area (Å²) >= 11 is 0. The zero-order valence-corrected chi connectivity index (χ0v) is 20.8. The standard InChI is InChI=1S/C27H32F3N5/c1-5-12-33(15-20-8-6-9-20)16-22-24(27(28,29)30)32-26-34(22)21-10-7-11-31-25(21)35(26)23-18(3)13-17(2)14-19(23)4/h7,10-11,13-14,20H,5-6,8-9,12,15-16H2,1-4H3. The van der Waals surface area contributed by atoms with Crippen LogP contribution in [0.4, 0.5) is 13.2 Å². The van der Waals surface area contributed by atoms with Crippen LogP contribution < -0.4 is 0 Å². The van der Waals surface area contributed by atoms with Crippen LogP contribution >= 0.6 is 0 Å². The van der Waals surface area contributed by atoms with E-state index >= 15 is 0 Å². The Morgan fingerprint density at radius 3 is 2.43 bits per heavy atom. The third-order valence-corrected chi connectivity index (χ3v) is 7.16. The number of aryl methyl sites for hydroxylation is 3. The van der Waals surface area contributed by atoms with Gasteiger partial charge in [-0.2, -0.15) is 13.2 Å². The van der Waals surface area contributed by atoms with Crippen LogP contribution in [0, 0.1) is 26.7 Å². The fraction of sp³-hybridized carbons (Fsp3) is 0.481. The van der Waals surface area contributed by atoms with Gasteiger partial charge < -0.3 is 0 Å². The Hall–Kier alpha value is -2.87. The third-order valence-electron chi connectivity index (χ3n) is 7.16. The molecular formula is C27H32F3N5. The molecule has 1 aromatic carbocycles. The molecule has 0 aliphatic heterocycles. The molecule has 0 N–H and O–H groups in total. The molecule has 0 radical (unpaired) electrons. The highest BCUT2D eigenvalue weighted by Gasteiger charge is 2.40. The fourth-order valence-corrected chi connectivity index (χ4v) is 5.58. The predicted molar refractivity (Wildman–Crippen MR) is 132 cm³/mol. The molecule has 0 amide bonds. The van der Waals surface area contributed by atoms with Crippen molar-refractivity contribution in [2.75, 3.05) is 13.1 Å². The first-order valence-electron chi connectivity index (χ1n) is 12.4. The van der Waals surface area contributed by atoms with Gasteiger partial charge in [0.1, 0.15) is 0 Å². The molecule has 0 bridgehead atoms. The number of rotatable bonds is 7. The van der Waals surface area contributed by atoms with E-state index in [1.54, 1.807) is 21.2 Å². The monoisotopic (exact) mass is 483 g/mol. The quantitative estimate of drug-likeness (QED) is 0.296. The molecule has 0 saturated heterocycles. The number of aromatic nitrogens is 4. The minimum Gasteiger partial charge on any atom is -0.297 e. The first-order chi connectivity index (χ1) is 16.7. The average Bonchev–Trinajstić information content (AvgIpc) is 3.26. The zero-order valence-electron chi connectivity index (χ0n) is 20.8. The number of benzene rings is 1. The third kappa shape index (κ3) is 4.22. The van der Waals surface area contributed by atoms with Crippen molar-refractivity contribution in [1.29, 1.82) is 0 Å². The number of hydrogen-bond acceptors (Lipinski definition) is 3. The molecule has 3 heterocycles. The van der Waals surface area contributed by atoms with E-state index < -0.39 is 11.9 Å². The van der Waals surface area contributed by atoms with Crippen LogP contribution in [0.3, 0.4) is 0 Å². The van der Waals surface area contributed by atoms with E-state index in [1.807, 2.05) is 39.0 Å². The lowest BCUT2D eigenvalue weighted by Crippen LogP contribution is -2.33. The molecule has 1 saturated carbocycles. The summed E-state index contributed by atoms with van der Waals surface area (Å²) in [4.78, 5) is 11.0. The number of hydrogen-bond donors (Lipinski definition) is 0. The van der Waals surface area contributed by atoms with Gasteiger partial charge in [0.2, 0.25) is 5.78 Å². The molecule has 5 nitrogen and oxygen atoms in total.